The van der Waals surface area contributed by atoms with Gasteiger partial charge in [0.15, 0.2) is 5.82 Å². The minimum absolute atomic E-state index is 0.470. The molecule has 2 rings (SSSR count). The first-order chi connectivity index (χ1) is 10.0. The predicted octanol–water partition coefficient (Wildman–Crippen LogP) is 4.09. The summed E-state index contributed by atoms with van der Waals surface area (Å²) in [4.78, 5) is 9.03. The van der Waals surface area contributed by atoms with Gasteiger partial charge in [-0.3, -0.25) is 0 Å². The molecular weight excluding hydrogens is 330 g/mol. The maximum atomic E-state index is 6.00. The Morgan fingerprint density at radius 2 is 2.05 bits per heavy atom. The molecule has 0 aliphatic heterocycles. The Kier molecular flexibility index (Phi) is 5.17. The second kappa shape index (κ2) is 6.89. The van der Waals surface area contributed by atoms with Gasteiger partial charge in [-0.15, -0.1) is 0 Å². The summed E-state index contributed by atoms with van der Waals surface area (Å²) in [5, 5.41) is 0. The minimum Gasteiger partial charge on any atom is -0.494 e. The summed E-state index contributed by atoms with van der Waals surface area (Å²) in [6, 6.07) is 7.75. The third-order valence-electron chi connectivity index (χ3n) is 2.95. The molecule has 5 heteroatoms. The van der Waals surface area contributed by atoms with Crippen molar-refractivity contribution in [2.75, 3.05) is 12.3 Å². The minimum atomic E-state index is 0.470. The van der Waals surface area contributed by atoms with Gasteiger partial charge in [-0.05, 0) is 47.3 Å². The van der Waals surface area contributed by atoms with E-state index in [2.05, 4.69) is 39.7 Å². The molecule has 0 saturated carbocycles. The van der Waals surface area contributed by atoms with E-state index in [0.717, 1.165) is 27.9 Å². The fourth-order valence-electron chi connectivity index (χ4n) is 2.06. The fraction of sp³-hybridized carbons (Fsp3) is 0.375. The summed E-state index contributed by atoms with van der Waals surface area (Å²) in [5.41, 5.74) is 7.85. The molecule has 0 aliphatic carbocycles. The average molecular weight is 350 g/mol. The molecule has 4 nitrogen and oxygen atoms in total. The number of hydrogen-bond acceptors (Lipinski definition) is 4. The van der Waals surface area contributed by atoms with Crippen molar-refractivity contribution in [2.24, 2.45) is 5.92 Å². The number of nitrogen functional groups attached to an aromatic ring is 1. The van der Waals surface area contributed by atoms with E-state index in [1.807, 2.05) is 31.2 Å². The van der Waals surface area contributed by atoms with Crippen LogP contribution in [0, 0.1) is 5.92 Å². The highest BCUT2D eigenvalue weighted by atomic mass is 79.9. The quantitative estimate of drug-likeness (QED) is 0.882. The van der Waals surface area contributed by atoms with Gasteiger partial charge in [0.2, 0.25) is 0 Å². The summed E-state index contributed by atoms with van der Waals surface area (Å²) in [6.45, 7) is 6.90. The normalized spacial score (nSPS) is 10.9. The van der Waals surface area contributed by atoms with Gasteiger partial charge in [-0.1, -0.05) is 26.0 Å². The van der Waals surface area contributed by atoms with E-state index in [-0.39, 0.29) is 0 Å². The molecule has 21 heavy (non-hydrogen) atoms. The smallest absolute Gasteiger partial charge is 0.161 e. The zero-order valence-corrected chi connectivity index (χ0v) is 14.1. The number of rotatable bonds is 5. The average Bonchev–Trinajstić information content (AvgIpc) is 2.44. The Morgan fingerprint density at radius 1 is 1.29 bits per heavy atom. The highest BCUT2D eigenvalue weighted by Gasteiger charge is 2.13. The van der Waals surface area contributed by atoms with Crippen LogP contribution in [0.15, 0.2) is 28.7 Å². The number of aromatic nitrogens is 2. The first kappa shape index (κ1) is 15.8. The van der Waals surface area contributed by atoms with E-state index in [1.165, 1.54) is 0 Å². The first-order valence-corrected chi connectivity index (χ1v) is 7.85. The summed E-state index contributed by atoms with van der Waals surface area (Å²) in [7, 11) is 0. The van der Waals surface area contributed by atoms with Crippen LogP contribution < -0.4 is 10.5 Å². The van der Waals surface area contributed by atoms with Crippen molar-refractivity contribution in [2.45, 2.75) is 27.2 Å². The van der Waals surface area contributed by atoms with Gasteiger partial charge in [0.05, 0.1) is 16.8 Å². The van der Waals surface area contributed by atoms with Gasteiger partial charge in [-0.25, -0.2) is 9.97 Å². The van der Waals surface area contributed by atoms with Gasteiger partial charge in [0, 0.05) is 5.56 Å². The maximum absolute atomic E-state index is 6.00. The van der Waals surface area contributed by atoms with Crippen molar-refractivity contribution in [1.82, 2.24) is 9.97 Å². The van der Waals surface area contributed by atoms with E-state index in [0.29, 0.717) is 24.2 Å². The lowest BCUT2D eigenvalue weighted by atomic mass is 10.1. The topological polar surface area (TPSA) is 61.0 Å². The second-order valence-corrected chi connectivity index (χ2v) is 6.04. The van der Waals surface area contributed by atoms with Crippen LogP contribution in [0.4, 0.5) is 5.82 Å². The standard InChI is InChI=1S/C16H20BrN3O/c1-4-21-12-7-5-6-11(9-12)16-19-13(8-10(2)3)14(17)15(18)20-16/h5-7,9-10H,4,8H2,1-3H3,(H2,18,19,20). The largest absolute Gasteiger partial charge is 0.494 e. The number of benzene rings is 1. The first-order valence-electron chi connectivity index (χ1n) is 7.06. The van der Waals surface area contributed by atoms with Crippen LogP contribution in [-0.2, 0) is 6.42 Å². The van der Waals surface area contributed by atoms with E-state index in [1.54, 1.807) is 0 Å². The molecular formula is C16H20BrN3O. The van der Waals surface area contributed by atoms with Gasteiger partial charge in [0.1, 0.15) is 11.6 Å². The summed E-state index contributed by atoms with van der Waals surface area (Å²) in [5.74, 6) is 2.41. The van der Waals surface area contributed by atoms with Gasteiger partial charge >= 0.3 is 0 Å². The molecule has 0 atom stereocenters. The Morgan fingerprint density at radius 3 is 2.71 bits per heavy atom. The van der Waals surface area contributed by atoms with Crippen LogP contribution >= 0.6 is 15.9 Å². The Labute approximate surface area is 133 Å². The molecule has 0 radical (unpaired) electrons. The van der Waals surface area contributed by atoms with E-state index < -0.39 is 0 Å². The van der Waals surface area contributed by atoms with Crippen LogP contribution in [-0.4, -0.2) is 16.6 Å². The molecule has 1 heterocycles. The number of nitrogens with zero attached hydrogens (tertiary/aromatic N) is 2. The third kappa shape index (κ3) is 3.94. The number of anilines is 1. The predicted molar refractivity (Wildman–Crippen MR) is 89.3 cm³/mol. The van der Waals surface area contributed by atoms with Gasteiger partial charge in [-0.2, -0.15) is 0 Å². The molecule has 1 aromatic heterocycles. The van der Waals surface area contributed by atoms with E-state index in [4.69, 9.17) is 10.5 Å². The summed E-state index contributed by atoms with van der Waals surface area (Å²) >= 11 is 3.48. The van der Waals surface area contributed by atoms with Crippen molar-refractivity contribution in [1.29, 1.82) is 0 Å². The summed E-state index contributed by atoms with van der Waals surface area (Å²) < 4.78 is 6.31. The van der Waals surface area contributed by atoms with Crippen molar-refractivity contribution >= 4 is 21.7 Å². The molecule has 2 N–H and O–H groups in total. The monoisotopic (exact) mass is 349 g/mol. The van der Waals surface area contributed by atoms with Crippen molar-refractivity contribution in [3.05, 3.63) is 34.4 Å². The van der Waals surface area contributed by atoms with Crippen molar-refractivity contribution in [3.8, 4) is 17.1 Å². The number of halogens is 1. The lowest BCUT2D eigenvalue weighted by Gasteiger charge is -2.11. The zero-order chi connectivity index (χ0) is 15.4. The highest BCUT2D eigenvalue weighted by Crippen LogP contribution is 2.28. The molecule has 2 aromatic rings. The summed E-state index contributed by atoms with van der Waals surface area (Å²) in [6.07, 6.45) is 0.853. The molecule has 112 valence electrons. The third-order valence-corrected chi connectivity index (χ3v) is 3.81. The molecule has 0 amide bonds. The molecule has 0 spiro atoms. The lowest BCUT2D eigenvalue weighted by molar-refractivity contribution is 0.340. The second-order valence-electron chi connectivity index (χ2n) is 5.25. The molecule has 0 saturated heterocycles. The molecule has 0 fully saturated rings. The number of nitrogens with two attached hydrogens (primary N) is 1. The van der Waals surface area contributed by atoms with E-state index >= 15 is 0 Å². The van der Waals surface area contributed by atoms with Crippen LogP contribution in [0.5, 0.6) is 5.75 Å². The lowest BCUT2D eigenvalue weighted by Crippen LogP contribution is -2.05. The molecule has 0 aliphatic rings. The number of hydrogen-bond donors (Lipinski definition) is 1. The molecule has 0 unspecified atom stereocenters. The van der Waals surface area contributed by atoms with Crippen LogP contribution in [0.2, 0.25) is 0 Å². The van der Waals surface area contributed by atoms with E-state index in [9.17, 15) is 0 Å². The van der Waals surface area contributed by atoms with Crippen molar-refractivity contribution < 1.29 is 4.74 Å². The van der Waals surface area contributed by atoms with Crippen LogP contribution in [0.25, 0.3) is 11.4 Å². The molecule has 1 aromatic carbocycles. The molecule has 0 bridgehead atoms. The van der Waals surface area contributed by atoms with Gasteiger partial charge < -0.3 is 10.5 Å². The SMILES string of the molecule is CCOc1cccc(-c2nc(N)c(Br)c(CC(C)C)n2)c1. The van der Waals surface area contributed by atoms with Crippen LogP contribution in [0.1, 0.15) is 26.5 Å². The van der Waals surface area contributed by atoms with Gasteiger partial charge in [0.25, 0.3) is 0 Å². The Bertz CT molecular complexity index is 629. The van der Waals surface area contributed by atoms with Crippen LogP contribution in [0.3, 0.4) is 0 Å². The maximum Gasteiger partial charge on any atom is 0.161 e. The van der Waals surface area contributed by atoms with Crippen molar-refractivity contribution in [3.63, 3.8) is 0 Å². The number of ether oxygens (including phenoxy) is 1. The fourth-order valence-corrected chi connectivity index (χ4v) is 2.39. The zero-order valence-electron chi connectivity index (χ0n) is 12.6. The Balaban J connectivity index is 2.44. The highest BCUT2D eigenvalue weighted by molar-refractivity contribution is 9.10. The Hall–Kier alpha value is -1.62.